The summed E-state index contributed by atoms with van der Waals surface area (Å²) in [6.45, 7) is 2.97. The van der Waals surface area contributed by atoms with Crippen LogP contribution in [-0.2, 0) is 0 Å². The molecule has 2 aromatic carbocycles. The van der Waals surface area contributed by atoms with E-state index in [1.807, 2.05) is 0 Å². The molecule has 0 atom stereocenters. The molecule has 21 heavy (non-hydrogen) atoms. The minimum atomic E-state index is -0.0753. The molecule has 0 saturated carbocycles. The van der Waals surface area contributed by atoms with Gasteiger partial charge in [-0.1, -0.05) is 29.5 Å². The van der Waals surface area contributed by atoms with Crippen LogP contribution in [0.2, 0.25) is 0 Å². The molecule has 5 heteroatoms. The van der Waals surface area contributed by atoms with Crippen LogP contribution in [0, 0.1) is 0 Å². The lowest BCUT2D eigenvalue weighted by Gasteiger charge is -2.04. The molecule has 0 bridgehead atoms. The highest BCUT2D eigenvalue weighted by Crippen LogP contribution is 2.20. The molecule has 0 aliphatic rings. The van der Waals surface area contributed by atoms with Crippen molar-refractivity contribution in [1.82, 2.24) is 0 Å². The first kappa shape index (κ1) is 14.6. The van der Waals surface area contributed by atoms with Crippen LogP contribution < -0.4 is 5.43 Å². The van der Waals surface area contributed by atoms with Crippen molar-refractivity contribution in [1.29, 1.82) is 0 Å². The van der Waals surface area contributed by atoms with E-state index in [1.54, 1.807) is 48.5 Å². The smallest absolute Gasteiger partial charge is 0.162 e. The van der Waals surface area contributed by atoms with Crippen LogP contribution in [-0.4, -0.2) is 11.6 Å². The molecule has 2 rings (SSSR count). The Morgan fingerprint density at radius 1 is 0.857 bits per heavy atom. The number of hydrogen-bond donors (Lipinski definition) is 1. The van der Waals surface area contributed by atoms with Crippen molar-refractivity contribution in [3.05, 3.63) is 59.7 Å². The zero-order valence-electron chi connectivity index (χ0n) is 11.8. The van der Waals surface area contributed by atoms with Gasteiger partial charge in [-0.25, -0.2) is 0 Å². The molecule has 0 spiro atoms. The van der Waals surface area contributed by atoms with Gasteiger partial charge in [0, 0.05) is 11.1 Å². The molecule has 0 unspecified atom stereocenters. The van der Waals surface area contributed by atoms with Crippen LogP contribution in [0.5, 0.6) is 0 Å². The lowest BCUT2D eigenvalue weighted by molar-refractivity contribution is 0.101. The van der Waals surface area contributed by atoms with Crippen molar-refractivity contribution in [3.63, 3.8) is 0 Å². The summed E-state index contributed by atoms with van der Waals surface area (Å²) in [6.07, 6.45) is 0. The molecule has 0 aliphatic carbocycles. The van der Waals surface area contributed by atoms with Gasteiger partial charge in [0.2, 0.25) is 0 Å². The molecule has 0 aromatic heterocycles. The maximum atomic E-state index is 11.5. The highest BCUT2D eigenvalue weighted by Gasteiger charge is 2.06. The number of Topliss-reactive ketones (excluding diaryl/α,β-unsaturated/α-hetero) is 2. The van der Waals surface area contributed by atoms with Gasteiger partial charge in [0.1, 0.15) is 0 Å². The predicted molar refractivity (Wildman–Crippen MR) is 81.0 cm³/mol. The molecule has 1 N–H and O–H groups in total. The average molecular weight is 281 g/mol. The van der Waals surface area contributed by atoms with Gasteiger partial charge in [-0.15, -0.1) is 5.11 Å². The van der Waals surface area contributed by atoms with Gasteiger partial charge >= 0.3 is 0 Å². The number of rotatable bonds is 5. The summed E-state index contributed by atoms with van der Waals surface area (Å²) in [5.74, 6) is -0.133. The van der Waals surface area contributed by atoms with Crippen molar-refractivity contribution >= 4 is 22.9 Å². The summed E-state index contributed by atoms with van der Waals surface area (Å²) < 4.78 is 0. The minimum absolute atomic E-state index is 0.0579. The van der Waals surface area contributed by atoms with Gasteiger partial charge in [0.15, 0.2) is 11.6 Å². The number of nitrogens with zero attached hydrogens (tertiary/aromatic N) is 2. The number of carbonyl (C=O) groups is 2. The first-order valence-corrected chi connectivity index (χ1v) is 6.46. The topological polar surface area (TPSA) is 70.9 Å². The van der Waals surface area contributed by atoms with Gasteiger partial charge in [-0.2, -0.15) is 0 Å². The van der Waals surface area contributed by atoms with Crippen LogP contribution in [0.25, 0.3) is 0 Å². The highest BCUT2D eigenvalue weighted by atomic mass is 16.1. The summed E-state index contributed by atoms with van der Waals surface area (Å²) in [5.41, 5.74) is 4.84. The van der Waals surface area contributed by atoms with E-state index in [1.165, 1.54) is 13.8 Å². The van der Waals surface area contributed by atoms with E-state index < -0.39 is 0 Å². The number of carbonyl (C=O) groups excluding carboxylic acids is 2. The summed E-state index contributed by atoms with van der Waals surface area (Å²) in [4.78, 5) is 23.0. The number of benzene rings is 2. The van der Waals surface area contributed by atoms with Gasteiger partial charge in [-0.05, 0) is 38.1 Å². The predicted octanol–water partition coefficient (Wildman–Crippen LogP) is 4.20. The molecule has 0 heterocycles. The standard InChI is InChI=1S/C16H15N3O2/c1-11(20)13-7-3-5-9-15(13)17-19-18-16-10-6-4-8-14(16)12(2)21/h3-10H,1-2H3,(H,17,18). The van der Waals surface area contributed by atoms with Crippen LogP contribution >= 0.6 is 0 Å². The number of nitrogens with one attached hydrogen (secondary N) is 1. The van der Waals surface area contributed by atoms with Crippen LogP contribution in [0.4, 0.5) is 11.4 Å². The third-order valence-electron chi connectivity index (χ3n) is 2.92. The third kappa shape index (κ3) is 3.60. The zero-order chi connectivity index (χ0) is 15.2. The fraction of sp³-hybridized carbons (Fsp3) is 0.125. The minimum Gasteiger partial charge on any atom is -0.294 e. The van der Waals surface area contributed by atoms with Crippen molar-refractivity contribution in [2.24, 2.45) is 10.3 Å². The van der Waals surface area contributed by atoms with Crippen molar-refractivity contribution in [2.75, 3.05) is 5.43 Å². The second-order valence-corrected chi connectivity index (χ2v) is 4.49. The Hall–Kier alpha value is -2.82. The molecule has 0 amide bonds. The largest absolute Gasteiger partial charge is 0.294 e. The van der Waals surface area contributed by atoms with Gasteiger partial charge in [0.25, 0.3) is 0 Å². The van der Waals surface area contributed by atoms with Crippen molar-refractivity contribution in [2.45, 2.75) is 13.8 Å². The van der Waals surface area contributed by atoms with Gasteiger partial charge < -0.3 is 0 Å². The third-order valence-corrected chi connectivity index (χ3v) is 2.92. The van der Waals surface area contributed by atoms with E-state index in [0.717, 1.165) is 0 Å². The van der Waals surface area contributed by atoms with Crippen LogP contribution in [0.15, 0.2) is 58.9 Å². The molecule has 106 valence electrons. The Kier molecular flexibility index (Phi) is 4.56. The monoisotopic (exact) mass is 281 g/mol. The highest BCUT2D eigenvalue weighted by molar-refractivity contribution is 5.99. The Bertz CT molecular complexity index is 708. The average Bonchev–Trinajstić information content (AvgIpc) is 2.48. The Balaban J connectivity index is 2.21. The Labute approximate surface area is 122 Å². The quantitative estimate of drug-likeness (QED) is 0.507. The summed E-state index contributed by atoms with van der Waals surface area (Å²) in [6, 6.07) is 14.0. The van der Waals surface area contributed by atoms with E-state index in [0.29, 0.717) is 22.5 Å². The number of hydrogen-bond acceptors (Lipinski definition) is 4. The molecule has 5 nitrogen and oxygen atoms in total. The lowest BCUT2D eigenvalue weighted by atomic mass is 10.1. The molecular formula is C16H15N3O2. The van der Waals surface area contributed by atoms with Crippen LogP contribution in [0.1, 0.15) is 34.6 Å². The van der Waals surface area contributed by atoms with E-state index >= 15 is 0 Å². The van der Waals surface area contributed by atoms with Crippen molar-refractivity contribution < 1.29 is 9.59 Å². The maximum absolute atomic E-state index is 11.5. The fourth-order valence-electron chi connectivity index (χ4n) is 1.88. The SMILES string of the molecule is CC(=O)c1ccccc1N=NNc1ccccc1C(C)=O. The maximum Gasteiger partial charge on any atom is 0.162 e. The Morgan fingerprint density at radius 2 is 1.43 bits per heavy atom. The zero-order valence-corrected chi connectivity index (χ0v) is 11.8. The van der Waals surface area contributed by atoms with Crippen LogP contribution in [0.3, 0.4) is 0 Å². The second kappa shape index (κ2) is 6.56. The number of ketones is 2. The molecular weight excluding hydrogens is 266 g/mol. The van der Waals surface area contributed by atoms with E-state index in [-0.39, 0.29) is 11.6 Å². The molecule has 0 aliphatic heterocycles. The summed E-state index contributed by atoms with van der Waals surface area (Å²) >= 11 is 0. The lowest BCUT2D eigenvalue weighted by Crippen LogP contribution is -1.98. The van der Waals surface area contributed by atoms with Crippen molar-refractivity contribution in [3.8, 4) is 0 Å². The number of para-hydroxylation sites is 1. The second-order valence-electron chi connectivity index (χ2n) is 4.49. The summed E-state index contributed by atoms with van der Waals surface area (Å²) in [7, 11) is 0. The van der Waals surface area contributed by atoms with E-state index in [2.05, 4.69) is 15.8 Å². The summed E-state index contributed by atoms with van der Waals surface area (Å²) in [5, 5.41) is 7.87. The molecule has 0 fully saturated rings. The fourth-order valence-corrected chi connectivity index (χ4v) is 1.88. The van der Waals surface area contributed by atoms with Gasteiger partial charge in [0.05, 0.1) is 11.4 Å². The Morgan fingerprint density at radius 3 is 2.10 bits per heavy atom. The van der Waals surface area contributed by atoms with Gasteiger partial charge in [-0.3, -0.25) is 15.0 Å². The first-order valence-electron chi connectivity index (χ1n) is 6.46. The first-order chi connectivity index (χ1) is 10.1. The molecule has 0 saturated heterocycles. The van der Waals surface area contributed by atoms with E-state index in [9.17, 15) is 9.59 Å². The molecule has 2 aromatic rings. The number of anilines is 1. The van der Waals surface area contributed by atoms with E-state index in [4.69, 9.17) is 0 Å². The molecule has 0 radical (unpaired) electrons. The normalized spacial score (nSPS) is 10.6.